The summed E-state index contributed by atoms with van der Waals surface area (Å²) in [4.78, 5) is 6.62. The highest BCUT2D eigenvalue weighted by Crippen LogP contribution is 2.28. The highest BCUT2D eigenvalue weighted by atomic mass is 127. The summed E-state index contributed by atoms with van der Waals surface area (Å²) in [6.45, 7) is 9.19. The van der Waals surface area contributed by atoms with Gasteiger partial charge in [0.1, 0.15) is 12.4 Å². The van der Waals surface area contributed by atoms with Gasteiger partial charge < -0.3 is 29.7 Å². The summed E-state index contributed by atoms with van der Waals surface area (Å²) < 4.78 is 16.7. The number of aliphatic imine (C=N–C) groups is 1. The first-order valence-electron chi connectivity index (χ1n) is 10.7. The molecule has 8 heteroatoms. The van der Waals surface area contributed by atoms with Crippen molar-refractivity contribution in [2.75, 3.05) is 47.5 Å². The van der Waals surface area contributed by atoms with Gasteiger partial charge in [0, 0.05) is 26.7 Å². The molecule has 0 heterocycles. The molecule has 0 aliphatic heterocycles. The van der Waals surface area contributed by atoms with E-state index in [1.807, 2.05) is 42.5 Å². The Morgan fingerprint density at radius 3 is 2.06 bits per heavy atom. The number of nitrogens with one attached hydrogen (secondary N) is 2. The largest absolute Gasteiger partial charge is 0.497 e. The molecule has 2 aromatic carbocycles. The van der Waals surface area contributed by atoms with Gasteiger partial charge in [-0.15, -0.1) is 24.0 Å². The highest BCUT2D eigenvalue weighted by Gasteiger charge is 2.08. The van der Waals surface area contributed by atoms with E-state index < -0.39 is 0 Å². The first-order valence-corrected chi connectivity index (χ1v) is 10.7. The van der Waals surface area contributed by atoms with E-state index in [1.165, 1.54) is 0 Å². The summed E-state index contributed by atoms with van der Waals surface area (Å²) in [7, 11) is 5.09. The lowest BCUT2D eigenvalue weighted by Crippen LogP contribution is -2.36. The molecule has 0 spiro atoms. The summed E-state index contributed by atoms with van der Waals surface area (Å²) in [6.07, 6.45) is 0. The summed E-state index contributed by atoms with van der Waals surface area (Å²) in [5, 5.41) is 6.65. The molecule has 0 saturated carbocycles. The number of guanidine groups is 1. The number of hydrogen-bond acceptors (Lipinski definition) is 5. The third-order valence-electron chi connectivity index (χ3n) is 5.09. The van der Waals surface area contributed by atoms with Gasteiger partial charge in [-0.3, -0.25) is 4.99 Å². The average Bonchev–Trinajstić information content (AvgIpc) is 2.82. The number of benzene rings is 2. The van der Waals surface area contributed by atoms with E-state index in [0.29, 0.717) is 19.7 Å². The minimum Gasteiger partial charge on any atom is -0.497 e. The van der Waals surface area contributed by atoms with E-state index in [2.05, 4.69) is 34.4 Å². The molecular formula is C24H37IN4O3. The highest BCUT2D eigenvalue weighted by molar-refractivity contribution is 14.0. The second-order valence-corrected chi connectivity index (χ2v) is 6.99. The smallest absolute Gasteiger partial charge is 0.191 e. The molecule has 0 fully saturated rings. The molecule has 178 valence electrons. The molecule has 7 nitrogen and oxygen atoms in total. The van der Waals surface area contributed by atoms with Crippen LogP contribution < -0.4 is 24.8 Å². The second-order valence-electron chi connectivity index (χ2n) is 6.99. The normalized spacial score (nSPS) is 11.0. The fourth-order valence-electron chi connectivity index (χ4n) is 3.10. The third-order valence-corrected chi connectivity index (χ3v) is 5.09. The van der Waals surface area contributed by atoms with Crippen molar-refractivity contribution < 1.29 is 14.2 Å². The molecule has 2 rings (SSSR count). The van der Waals surface area contributed by atoms with Crippen LogP contribution in [0.3, 0.4) is 0 Å². The Hall–Kier alpha value is -2.20. The van der Waals surface area contributed by atoms with E-state index in [-0.39, 0.29) is 24.0 Å². The average molecular weight is 556 g/mol. The van der Waals surface area contributed by atoms with Crippen LogP contribution >= 0.6 is 24.0 Å². The van der Waals surface area contributed by atoms with Crippen LogP contribution in [0.4, 0.5) is 0 Å². The number of nitrogens with zero attached hydrogens (tertiary/aromatic N) is 2. The SMILES string of the molecule is CCN(CC)CCOc1ccc(CNC(=NC)NCc2ccc(OC)cc2)cc1OC.I. The van der Waals surface area contributed by atoms with Gasteiger partial charge in [-0.05, 0) is 48.5 Å². The van der Waals surface area contributed by atoms with Gasteiger partial charge in [-0.2, -0.15) is 0 Å². The third kappa shape index (κ3) is 9.12. The van der Waals surface area contributed by atoms with Crippen molar-refractivity contribution >= 4 is 29.9 Å². The second kappa shape index (κ2) is 15.6. The first-order chi connectivity index (χ1) is 15.1. The lowest BCUT2D eigenvalue weighted by atomic mass is 10.2. The van der Waals surface area contributed by atoms with Crippen molar-refractivity contribution in [3.63, 3.8) is 0 Å². The number of methoxy groups -OCH3 is 2. The number of likely N-dealkylation sites (N-methyl/N-ethyl adjacent to an activating group) is 1. The van der Waals surface area contributed by atoms with Crippen molar-refractivity contribution in [1.82, 2.24) is 15.5 Å². The molecule has 0 aromatic heterocycles. The molecule has 0 amide bonds. The molecule has 32 heavy (non-hydrogen) atoms. The molecule has 2 aromatic rings. The zero-order valence-corrected chi connectivity index (χ0v) is 22.1. The van der Waals surface area contributed by atoms with E-state index in [0.717, 1.165) is 54.0 Å². The summed E-state index contributed by atoms with van der Waals surface area (Å²) in [6, 6.07) is 14.0. The van der Waals surface area contributed by atoms with Crippen LogP contribution in [0.15, 0.2) is 47.5 Å². The van der Waals surface area contributed by atoms with Crippen molar-refractivity contribution in [3.8, 4) is 17.2 Å². The van der Waals surface area contributed by atoms with Gasteiger partial charge in [0.25, 0.3) is 0 Å². The molecular weight excluding hydrogens is 519 g/mol. The standard InChI is InChI=1S/C24H36N4O3.HI/c1-6-28(7-2)14-15-31-22-13-10-20(16-23(22)30-5)18-27-24(25-3)26-17-19-8-11-21(29-4)12-9-19;/h8-13,16H,6-7,14-15,17-18H2,1-5H3,(H2,25,26,27);1H. The van der Waals surface area contributed by atoms with Gasteiger partial charge in [-0.25, -0.2) is 0 Å². The Morgan fingerprint density at radius 2 is 1.50 bits per heavy atom. The zero-order chi connectivity index (χ0) is 22.5. The summed E-state index contributed by atoms with van der Waals surface area (Å²) in [5.74, 6) is 3.08. The Labute approximate surface area is 209 Å². The minimum atomic E-state index is 0. The van der Waals surface area contributed by atoms with Crippen molar-refractivity contribution in [3.05, 3.63) is 53.6 Å². The van der Waals surface area contributed by atoms with Crippen LogP contribution in [-0.4, -0.2) is 58.4 Å². The molecule has 0 bridgehead atoms. The van der Waals surface area contributed by atoms with Gasteiger partial charge in [0.2, 0.25) is 0 Å². The topological polar surface area (TPSA) is 67.4 Å². The molecule has 0 unspecified atom stereocenters. The maximum absolute atomic E-state index is 5.94. The quantitative estimate of drug-likeness (QED) is 0.235. The Morgan fingerprint density at radius 1 is 0.875 bits per heavy atom. The zero-order valence-electron chi connectivity index (χ0n) is 19.8. The molecule has 2 N–H and O–H groups in total. The predicted molar refractivity (Wildman–Crippen MR) is 142 cm³/mol. The van der Waals surface area contributed by atoms with E-state index in [9.17, 15) is 0 Å². The lowest BCUT2D eigenvalue weighted by Gasteiger charge is -2.19. The van der Waals surface area contributed by atoms with Crippen molar-refractivity contribution in [1.29, 1.82) is 0 Å². The van der Waals surface area contributed by atoms with Crippen molar-refractivity contribution in [2.24, 2.45) is 4.99 Å². The summed E-state index contributed by atoms with van der Waals surface area (Å²) >= 11 is 0. The minimum absolute atomic E-state index is 0. The monoisotopic (exact) mass is 556 g/mol. The van der Waals surface area contributed by atoms with Crippen LogP contribution in [-0.2, 0) is 13.1 Å². The van der Waals surface area contributed by atoms with Gasteiger partial charge in [0.15, 0.2) is 17.5 Å². The van der Waals surface area contributed by atoms with Crippen molar-refractivity contribution in [2.45, 2.75) is 26.9 Å². The first kappa shape index (κ1) is 27.8. The van der Waals surface area contributed by atoms with Crippen LogP contribution in [0.5, 0.6) is 17.2 Å². The van der Waals surface area contributed by atoms with Gasteiger partial charge in [-0.1, -0.05) is 32.0 Å². The molecule has 0 aliphatic carbocycles. The van der Waals surface area contributed by atoms with E-state index >= 15 is 0 Å². The van der Waals surface area contributed by atoms with E-state index in [4.69, 9.17) is 14.2 Å². The molecule has 0 saturated heterocycles. The maximum atomic E-state index is 5.94. The Balaban J connectivity index is 0.00000512. The molecule has 0 atom stereocenters. The number of halogens is 1. The van der Waals surface area contributed by atoms with Gasteiger partial charge >= 0.3 is 0 Å². The molecule has 0 radical (unpaired) electrons. The van der Waals surface area contributed by atoms with Crippen LogP contribution in [0.25, 0.3) is 0 Å². The van der Waals surface area contributed by atoms with E-state index in [1.54, 1.807) is 21.3 Å². The van der Waals surface area contributed by atoms with Crippen LogP contribution in [0, 0.1) is 0 Å². The Bertz CT molecular complexity index is 811. The fourth-order valence-corrected chi connectivity index (χ4v) is 3.10. The number of hydrogen-bond donors (Lipinski definition) is 2. The fraction of sp³-hybridized carbons (Fsp3) is 0.458. The van der Waals surface area contributed by atoms with Gasteiger partial charge in [0.05, 0.1) is 14.2 Å². The maximum Gasteiger partial charge on any atom is 0.191 e. The summed E-state index contributed by atoms with van der Waals surface area (Å²) in [5.41, 5.74) is 2.23. The van der Waals surface area contributed by atoms with Crippen LogP contribution in [0.1, 0.15) is 25.0 Å². The number of rotatable bonds is 12. The predicted octanol–water partition coefficient (Wildman–Crippen LogP) is 3.91. The molecule has 0 aliphatic rings. The number of ether oxygens (including phenoxy) is 3. The van der Waals surface area contributed by atoms with Crippen LogP contribution in [0.2, 0.25) is 0 Å². The Kier molecular flexibility index (Phi) is 13.5. The lowest BCUT2D eigenvalue weighted by molar-refractivity contribution is 0.217.